The molecule has 0 amide bonds. The van der Waals surface area contributed by atoms with Crippen LogP contribution in [0, 0.1) is 0 Å². The maximum Gasteiger partial charge on any atom is 0.119 e. The Morgan fingerprint density at radius 3 is 3.00 bits per heavy atom. The van der Waals surface area contributed by atoms with E-state index in [2.05, 4.69) is 17.4 Å². The van der Waals surface area contributed by atoms with Crippen LogP contribution in [0.3, 0.4) is 0 Å². The quantitative estimate of drug-likeness (QED) is 0.799. The second kappa shape index (κ2) is 6.18. The second-order valence-corrected chi connectivity index (χ2v) is 4.67. The van der Waals surface area contributed by atoms with E-state index in [4.69, 9.17) is 9.47 Å². The smallest absolute Gasteiger partial charge is 0.119 e. The van der Waals surface area contributed by atoms with E-state index in [-0.39, 0.29) is 0 Å². The zero-order valence-electron chi connectivity index (χ0n) is 11.0. The van der Waals surface area contributed by atoms with Gasteiger partial charge in [-0.25, -0.2) is 0 Å². The first kappa shape index (κ1) is 13.3. The van der Waals surface area contributed by atoms with Crippen molar-refractivity contribution in [3.8, 4) is 5.75 Å². The highest BCUT2D eigenvalue weighted by molar-refractivity contribution is 5.40. The second-order valence-electron chi connectivity index (χ2n) is 4.67. The predicted molar refractivity (Wildman–Crippen MR) is 69.9 cm³/mol. The summed E-state index contributed by atoms with van der Waals surface area (Å²) in [5.74, 6) is 0.889. The van der Waals surface area contributed by atoms with Crippen LogP contribution in [0.15, 0.2) is 18.2 Å². The van der Waals surface area contributed by atoms with Crippen LogP contribution >= 0.6 is 0 Å². The number of hydrogen-bond donors (Lipinski definition) is 2. The average Bonchev–Trinajstić information content (AvgIpc) is 2.79. The molecule has 4 heteroatoms. The number of aryl methyl sites for hydroxylation is 1. The van der Waals surface area contributed by atoms with Crippen LogP contribution in [0.5, 0.6) is 5.75 Å². The number of fused-ring (bicyclic) bond motifs is 1. The normalized spacial score (nSPS) is 19.6. The molecule has 0 bridgehead atoms. The monoisotopic (exact) mass is 251 g/mol. The number of nitrogens with one attached hydrogen (secondary N) is 1. The third kappa shape index (κ3) is 3.02. The Balaban J connectivity index is 1.97. The molecule has 0 heterocycles. The van der Waals surface area contributed by atoms with E-state index in [1.807, 2.05) is 6.07 Å². The topological polar surface area (TPSA) is 50.7 Å². The van der Waals surface area contributed by atoms with Crippen LogP contribution in [0.2, 0.25) is 0 Å². The lowest BCUT2D eigenvalue weighted by Gasteiger charge is -2.17. The molecule has 18 heavy (non-hydrogen) atoms. The third-order valence-corrected chi connectivity index (χ3v) is 3.39. The van der Waals surface area contributed by atoms with Crippen LogP contribution in [-0.2, 0) is 11.2 Å². The first-order valence-electron chi connectivity index (χ1n) is 6.31. The fourth-order valence-corrected chi connectivity index (χ4v) is 2.45. The summed E-state index contributed by atoms with van der Waals surface area (Å²) in [4.78, 5) is 0. The number of rotatable bonds is 6. The first-order valence-corrected chi connectivity index (χ1v) is 6.31. The molecule has 0 aliphatic heterocycles. The Labute approximate surface area is 108 Å². The van der Waals surface area contributed by atoms with E-state index < -0.39 is 6.10 Å². The lowest BCUT2D eigenvalue weighted by Crippen LogP contribution is -2.32. The van der Waals surface area contributed by atoms with Gasteiger partial charge in [-0.3, -0.25) is 0 Å². The van der Waals surface area contributed by atoms with Gasteiger partial charge in [0.2, 0.25) is 0 Å². The predicted octanol–water partition coefficient (Wildman–Crippen LogP) is 1.28. The minimum absolute atomic E-state index is 0.307. The fourth-order valence-electron chi connectivity index (χ4n) is 2.45. The summed E-state index contributed by atoms with van der Waals surface area (Å²) in [5.41, 5.74) is 2.66. The van der Waals surface area contributed by atoms with Crippen molar-refractivity contribution < 1.29 is 14.6 Å². The van der Waals surface area contributed by atoms with E-state index in [0.29, 0.717) is 19.2 Å². The Bertz CT molecular complexity index is 395. The van der Waals surface area contributed by atoms with Gasteiger partial charge in [0.25, 0.3) is 0 Å². The van der Waals surface area contributed by atoms with Gasteiger partial charge < -0.3 is 19.9 Å². The van der Waals surface area contributed by atoms with Crippen LogP contribution in [0.25, 0.3) is 0 Å². The third-order valence-electron chi connectivity index (χ3n) is 3.39. The molecule has 2 rings (SSSR count). The number of aliphatic hydroxyl groups is 1. The van der Waals surface area contributed by atoms with Gasteiger partial charge in [0.05, 0.1) is 19.8 Å². The lowest BCUT2D eigenvalue weighted by molar-refractivity contribution is 0.0627. The lowest BCUT2D eigenvalue weighted by atomic mass is 10.1. The van der Waals surface area contributed by atoms with E-state index in [1.165, 1.54) is 11.1 Å². The molecule has 0 radical (unpaired) electrons. The van der Waals surface area contributed by atoms with Crippen molar-refractivity contribution in [1.82, 2.24) is 5.32 Å². The maximum absolute atomic E-state index is 9.65. The average molecular weight is 251 g/mol. The van der Waals surface area contributed by atoms with Crippen molar-refractivity contribution in [3.63, 3.8) is 0 Å². The van der Waals surface area contributed by atoms with Crippen LogP contribution < -0.4 is 10.1 Å². The van der Waals surface area contributed by atoms with Gasteiger partial charge in [-0.1, -0.05) is 6.07 Å². The van der Waals surface area contributed by atoms with E-state index >= 15 is 0 Å². The van der Waals surface area contributed by atoms with Crippen molar-refractivity contribution in [2.45, 2.75) is 25.0 Å². The van der Waals surface area contributed by atoms with E-state index in [1.54, 1.807) is 14.2 Å². The molecule has 0 fully saturated rings. The largest absolute Gasteiger partial charge is 0.497 e. The number of ether oxygens (including phenoxy) is 2. The minimum Gasteiger partial charge on any atom is -0.497 e. The van der Waals surface area contributed by atoms with Gasteiger partial charge >= 0.3 is 0 Å². The molecule has 2 atom stereocenters. The first-order chi connectivity index (χ1) is 8.74. The Morgan fingerprint density at radius 1 is 1.44 bits per heavy atom. The number of methoxy groups -OCH3 is 2. The molecule has 0 spiro atoms. The van der Waals surface area contributed by atoms with Crippen molar-refractivity contribution in [1.29, 1.82) is 0 Å². The van der Waals surface area contributed by atoms with Gasteiger partial charge in [0.15, 0.2) is 0 Å². The Morgan fingerprint density at radius 2 is 2.28 bits per heavy atom. The SMILES string of the molecule is COCC(O)CNC1CCc2ccc(OC)cc21. The summed E-state index contributed by atoms with van der Waals surface area (Å²) in [5, 5.41) is 13.0. The zero-order valence-corrected chi connectivity index (χ0v) is 11.0. The molecule has 1 aliphatic carbocycles. The molecule has 2 N–H and O–H groups in total. The van der Waals surface area contributed by atoms with Crippen molar-refractivity contribution in [3.05, 3.63) is 29.3 Å². The molecule has 2 unspecified atom stereocenters. The van der Waals surface area contributed by atoms with Gasteiger partial charge in [-0.2, -0.15) is 0 Å². The highest BCUT2D eigenvalue weighted by Crippen LogP contribution is 2.33. The minimum atomic E-state index is -0.454. The molecule has 0 saturated carbocycles. The summed E-state index contributed by atoms with van der Waals surface area (Å²) in [6.45, 7) is 0.917. The summed E-state index contributed by atoms with van der Waals surface area (Å²) < 4.78 is 10.2. The van der Waals surface area contributed by atoms with Crippen LogP contribution in [-0.4, -0.2) is 38.6 Å². The number of aliphatic hydroxyl groups excluding tert-OH is 1. The highest BCUT2D eigenvalue weighted by Gasteiger charge is 2.23. The molecule has 1 aliphatic rings. The van der Waals surface area contributed by atoms with E-state index in [9.17, 15) is 5.11 Å². The van der Waals surface area contributed by atoms with Gasteiger partial charge in [0, 0.05) is 19.7 Å². The zero-order chi connectivity index (χ0) is 13.0. The summed E-state index contributed by atoms with van der Waals surface area (Å²) in [6.07, 6.45) is 1.70. The van der Waals surface area contributed by atoms with Crippen molar-refractivity contribution >= 4 is 0 Å². The molecule has 100 valence electrons. The number of benzene rings is 1. The molecule has 1 aromatic carbocycles. The highest BCUT2D eigenvalue weighted by atomic mass is 16.5. The standard InChI is InChI=1S/C14H21NO3/c1-17-9-11(16)8-15-14-6-4-10-3-5-12(18-2)7-13(10)14/h3,5,7,11,14-16H,4,6,8-9H2,1-2H3. The van der Waals surface area contributed by atoms with Gasteiger partial charge in [0.1, 0.15) is 5.75 Å². The molecule has 4 nitrogen and oxygen atoms in total. The summed E-state index contributed by atoms with van der Waals surface area (Å²) in [7, 11) is 3.28. The van der Waals surface area contributed by atoms with Crippen molar-refractivity contribution in [2.75, 3.05) is 27.4 Å². The van der Waals surface area contributed by atoms with Crippen LogP contribution in [0.1, 0.15) is 23.6 Å². The Hall–Kier alpha value is -1.10. The molecular formula is C14H21NO3. The Kier molecular flexibility index (Phi) is 4.58. The molecule has 0 aromatic heterocycles. The van der Waals surface area contributed by atoms with Crippen molar-refractivity contribution in [2.24, 2.45) is 0 Å². The fraction of sp³-hybridized carbons (Fsp3) is 0.571. The number of hydrogen-bond acceptors (Lipinski definition) is 4. The molecular weight excluding hydrogens is 230 g/mol. The summed E-state index contributed by atoms with van der Waals surface area (Å²) >= 11 is 0. The van der Waals surface area contributed by atoms with Gasteiger partial charge in [-0.05, 0) is 36.1 Å². The van der Waals surface area contributed by atoms with Crippen LogP contribution in [0.4, 0.5) is 0 Å². The molecule has 1 aromatic rings. The maximum atomic E-state index is 9.65. The van der Waals surface area contributed by atoms with Gasteiger partial charge in [-0.15, -0.1) is 0 Å². The van der Waals surface area contributed by atoms with E-state index in [0.717, 1.165) is 18.6 Å². The summed E-state index contributed by atoms with van der Waals surface area (Å²) in [6, 6.07) is 6.52. The molecule has 0 saturated heterocycles.